The van der Waals surface area contributed by atoms with Crippen LogP contribution in [-0.4, -0.2) is 34.5 Å². The lowest BCUT2D eigenvalue weighted by Gasteiger charge is -2.18. The Labute approximate surface area is 160 Å². The van der Waals surface area contributed by atoms with Gasteiger partial charge in [0.15, 0.2) is 0 Å². The van der Waals surface area contributed by atoms with Gasteiger partial charge in [-0.05, 0) is 34.5 Å². The Hall–Kier alpha value is -3.68. The third-order valence-electron chi connectivity index (χ3n) is 4.44. The average Bonchev–Trinajstić information content (AvgIpc) is 2.68. The van der Waals surface area contributed by atoms with E-state index in [0.29, 0.717) is 6.54 Å². The predicted octanol–water partition coefficient (Wildman–Crippen LogP) is 2.58. The number of carbonyl (C=O) groups excluding carboxylic acids is 1. The van der Waals surface area contributed by atoms with Crippen LogP contribution in [0.4, 0.5) is 5.69 Å². The van der Waals surface area contributed by atoms with E-state index >= 15 is 0 Å². The monoisotopic (exact) mass is 381 g/mol. The number of nitrogens with zero attached hydrogens (tertiary/aromatic N) is 3. The van der Waals surface area contributed by atoms with Crippen molar-refractivity contribution in [3.8, 4) is 5.75 Å². The first-order chi connectivity index (χ1) is 13.4. The molecule has 3 rings (SSSR count). The maximum absolute atomic E-state index is 12.5. The fourth-order valence-electron chi connectivity index (χ4n) is 2.88. The van der Waals surface area contributed by atoms with Crippen molar-refractivity contribution in [1.29, 1.82) is 0 Å². The second-order valence-electron chi connectivity index (χ2n) is 6.41. The highest BCUT2D eigenvalue weighted by Gasteiger charge is 2.14. The summed E-state index contributed by atoms with van der Waals surface area (Å²) in [6.07, 6.45) is 1.08. The van der Waals surface area contributed by atoms with Crippen molar-refractivity contribution < 1.29 is 14.5 Å². The Morgan fingerprint density at radius 3 is 2.57 bits per heavy atom. The van der Waals surface area contributed by atoms with E-state index < -0.39 is 10.5 Å². The normalized spacial score (nSPS) is 10.6. The number of aromatic nitrogens is 1. The Kier molecular flexibility index (Phi) is 5.39. The fraction of sp³-hybridized carbons (Fsp3) is 0.200. The van der Waals surface area contributed by atoms with Gasteiger partial charge in [0.05, 0.1) is 18.2 Å². The van der Waals surface area contributed by atoms with Crippen LogP contribution in [-0.2, 0) is 17.9 Å². The summed E-state index contributed by atoms with van der Waals surface area (Å²) in [4.78, 5) is 36.1. The van der Waals surface area contributed by atoms with Gasteiger partial charge in [0, 0.05) is 25.7 Å². The van der Waals surface area contributed by atoms with Crippen molar-refractivity contribution >= 4 is 22.4 Å². The summed E-state index contributed by atoms with van der Waals surface area (Å²) in [6.45, 7) is 0.0896. The number of methoxy groups -OCH3 is 1. The fourth-order valence-corrected chi connectivity index (χ4v) is 2.88. The molecule has 1 amide bonds. The van der Waals surface area contributed by atoms with Crippen LogP contribution >= 0.6 is 0 Å². The summed E-state index contributed by atoms with van der Waals surface area (Å²) in [7, 11) is 3.24. The zero-order valence-electron chi connectivity index (χ0n) is 15.5. The first kappa shape index (κ1) is 19.1. The Morgan fingerprint density at radius 2 is 1.86 bits per heavy atom. The number of carbonyl (C=O) groups is 1. The zero-order valence-corrected chi connectivity index (χ0v) is 15.5. The lowest BCUT2D eigenvalue weighted by atomic mass is 10.1. The molecule has 2 aromatic carbocycles. The third kappa shape index (κ3) is 4.17. The van der Waals surface area contributed by atoms with Crippen molar-refractivity contribution in [3.63, 3.8) is 0 Å². The summed E-state index contributed by atoms with van der Waals surface area (Å²) in [5.74, 6) is 0.451. The molecule has 8 nitrogen and oxygen atoms in total. The SMILES string of the molecule is COc1ccc2cc(CN(C)C(=O)Cn3cc([N+](=O)[O-])ccc3=O)ccc2c1. The highest BCUT2D eigenvalue weighted by Crippen LogP contribution is 2.22. The summed E-state index contributed by atoms with van der Waals surface area (Å²) < 4.78 is 6.26. The van der Waals surface area contributed by atoms with E-state index in [-0.39, 0.29) is 18.1 Å². The molecule has 0 aliphatic heterocycles. The second kappa shape index (κ2) is 7.91. The van der Waals surface area contributed by atoms with Crippen LogP contribution in [0.1, 0.15) is 5.56 Å². The van der Waals surface area contributed by atoms with Crippen LogP contribution < -0.4 is 10.3 Å². The summed E-state index contributed by atoms with van der Waals surface area (Å²) in [5.41, 5.74) is 0.229. The van der Waals surface area contributed by atoms with Gasteiger partial charge >= 0.3 is 0 Å². The molecule has 0 unspecified atom stereocenters. The van der Waals surface area contributed by atoms with Gasteiger partial charge in [-0.1, -0.05) is 18.2 Å². The first-order valence-electron chi connectivity index (χ1n) is 8.53. The second-order valence-corrected chi connectivity index (χ2v) is 6.41. The van der Waals surface area contributed by atoms with Crippen molar-refractivity contribution in [2.24, 2.45) is 0 Å². The largest absolute Gasteiger partial charge is 0.497 e. The number of rotatable bonds is 6. The van der Waals surface area contributed by atoms with Gasteiger partial charge in [0.25, 0.3) is 11.2 Å². The molecular formula is C20H19N3O5. The van der Waals surface area contributed by atoms with Crippen molar-refractivity contribution in [3.05, 3.63) is 80.8 Å². The molecule has 0 radical (unpaired) electrons. The minimum absolute atomic E-state index is 0.236. The molecule has 0 spiro atoms. The highest BCUT2D eigenvalue weighted by molar-refractivity contribution is 5.84. The van der Waals surface area contributed by atoms with E-state index in [9.17, 15) is 19.7 Å². The van der Waals surface area contributed by atoms with Crippen molar-refractivity contribution in [2.45, 2.75) is 13.1 Å². The number of amides is 1. The van der Waals surface area contributed by atoms with Gasteiger partial charge in [-0.2, -0.15) is 0 Å². The van der Waals surface area contributed by atoms with Crippen LogP contribution in [0, 0.1) is 10.1 Å². The van der Waals surface area contributed by atoms with Crippen LogP contribution in [0.2, 0.25) is 0 Å². The van der Waals surface area contributed by atoms with E-state index in [0.717, 1.165) is 45.0 Å². The minimum atomic E-state index is -0.603. The Balaban J connectivity index is 1.74. The molecule has 1 heterocycles. The van der Waals surface area contributed by atoms with Crippen molar-refractivity contribution in [2.75, 3.05) is 14.2 Å². The number of hydrogen-bond acceptors (Lipinski definition) is 5. The van der Waals surface area contributed by atoms with Gasteiger partial charge in [0.1, 0.15) is 12.3 Å². The van der Waals surface area contributed by atoms with Crippen molar-refractivity contribution in [1.82, 2.24) is 9.47 Å². The number of likely N-dealkylation sites (N-methyl/N-ethyl adjacent to an activating group) is 1. The smallest absolute Gasteiger partial charge is 0.285 e. The number of hydrogen-bond donors (Lipinski definition) is 0. The standard InChI is InChI=1S/C20H19N3O5/c1-21(20(25)13-22-12-17(23(26)27)6-8-19(22)24)11-14-3-4-16-10-18(28-2)7-5-15(16)9-14/h3-10,12H,11,13H2,1-2H3. The molecule has 8 heteroatoms. The molecule has 0 saturated heterocycles. The van der Waals surface area contributed by atoms with E-state index in [2.05, 4.69) is 0 Å². The molecule has 0 aliphatic carbocycles. The molecule has 144 valence electrons. The first-order valence-corrected chi connectivity index (χ1v) is 8.53. The predicted molar refractivity (Wildman–Crippen MR) is 104 cm³/mol. The molecule has 0 bridgehead atoms. The van der Waals surface area contributed by atoms with E-state index in [1.165, 1.54) is 4.90 Å². The third-order valence-corrected chi connectivity index (χ3v) is 4.44. The van der Waals surface area contributed by atoms with Gasteiger partial charge in [0.2, 0.25) is 5.91 Å². The van der Waals surface area contributed by atoms with Gasteiger partial charge in [-0.3, -0.25) is 24.3 Å². The lowest BCUT2D eigenvalue weighted by molar-refractivity contribution is -0.385. The quantitative estimate of drug-likeness (QED) is 0.483. The molecule has 1 aromatic heterocycles. The average molecular weight is 381 g/mol. The van der Waals surface area contributed by atoms with E-state index in [1.54, 1.807) is 14.2 Å². The Morgan fingerprint density at radius 1 is 1.14 bits per heavy atom. The topological polar surface area (TPSA) is 94.7 Å². The summed E-state index contributed by atoms with van der Waals surface area (Å²) >= 11 is 0. The number of ether oxygens (including phenoxy) is 1. The summed E-state index contributed by atoms with van der Waals surface area (Å²) in [6, 6.07) is 13.8. The number of nitro groups is 1. The molecule has 0 N–H and O–H groups in total. The van der Waals surface area contributed by atoms with Crippen LogP contribution in [0.25, 0.3) is 10.8 Å². The summed E-state index contributed by atoms with van der Waals surface area (Å²) in [5, 5.41) is 12.9. The molecule has 28 heavy (non-hydrogen) atoms. The molecule has 3 aromatic rings. The van der Waals surface area contributed by atoms with Gasteiger partial charge in [-0.25, -0.2) is 0 Å². The van der Waals surface area contributed by atoms with E-state index in [1.807, 2.05) is 36.4 Å². The number of benzene rings is 2. The maximum atomic E-state index is 12.5. The Bertz CT molecular complexity index is 1110. The molecule has 0 fully saturated rings. The van der Waals surface area contributed by atoms with Gasteiger partial charge in [-0.15, -0.1) is 0 Å². The zero-order chi connectivity index (χ0) is 20.3. The highest BCUT2D eigenvalue weighted by atomic mass is 16.6. The number of fused-ring (bicyclic) bond motifs is 1. The molecule has 0 atom stereocenters. The number of pyridine rings is 1. The molecule has 0 aliphatic rings. The lowest BCUT2D eigenvalue weighted by Crippen LogP contribution is -2.33. The van der Waals surface area contributed by atoms with Crippen LogP contribution in [0.15, 0.2) is 59.5 Å². The maximum Gasteiger partial charge on any atom is 0.285 e. The molecular weight excluding hydrogens is 362 g/mol. The van der Waals surface area contributed by atoms with Gasteiger partial charge < -0.3 is 9.64 Å². The van der Waals surface area contributed by atoms with Crippen LogP contribution in [0.5, 0.6) is 5.75 Å². The molecule has 0 saturated carbocycles. The van der Waals surface area contributed by atoms with Crippen LogP contribution in [0.3, 0.4) is 0 Å². The van der Waals surface area contributed by atoms with E-state index in [4.69, 9.17) is 4.74 Å². The minimum Gasteiger partial charge on any atom is -0.497 e.